The molecule has 0 spiro atoms. The minimum absolute atomic E-state index is 0.221. The molecule has 1 saturated carbocycles. The van der Waals surface area contributed by atoms with Gasteiger partial charge in [-0.3, -0.25) is 9.69 Å². The Kier molecular flexibility index (Phi) is 5.60. The fourth-order valence-electron chi connectivity index (χ4n) is 2.71. The van der Waals surface area contributed by atoms with Crippen molar-refractivity contribution in [1.82, 2.24) is 15.1 Å². The van der Waals surface area contributed by atoms with Gasteiger partial charge in [-0.15, -0.1) is 0 Å². The zero-order valence-corrected chi connectivity index (χ0v) is 12.1. The summed E-state index contributed by atoms with van der Waals surface area (Å²) in [4.78, 5) is 16.5. The first-order valence-corrected chi connectivity index (χ1v) is 7.68. The van der Waals surface area contributed by atoms with Crippen LogP contribution in [0.25, 0.3) is 0 Å². The molecule has 1 heterocycles. The predicted molar refractivity (Wildman–Crippen MR) is 76.9 cm³/mol. The number of nitrogens with two attached hydrogens (primary N) is 1. The molecule has 2 fully saturated rings. The van der Waals surface area contributed by atoms with Crippen molar-refractivity contribution >= 4 is 5.91 Å². The quantitative estimate of drug-likeness (QED) is 0.683. The number of rotatable bonds is 7. The number of nitrogens with one attached hydrogen (secondary N) is 1. The molecule has 2 aliphatic rings. The van der Waals surface area contributed by atoms with Crippen molar-refractivity contribution in [2.75, 3.05) is 39.3 Å². The first-order chi connectivity index (χ1) is 9.22. The molecule has 0 aromatic carbocycles. The molecule has 110 valence electrons. The van der Waals surface area contributed by atoms with Crippen LogP contribution in [-0.2, 0) is 4.79 Å². The highest BCUT2D eigenvalue weighted by Crippen LogP contribution is 2.18. The monoisotopic (exact) mass is 268 g/mol. The van der Waals surface area contributed by atoms with Crippen molar-refractivity contribution in [1.29, 1.82) is 0 Å². The topological polar surface area (TPSA) is 61.6 Å². The molecule has 1 atom stereocenters. The highest BCUT2D eigenvalue weighted by atomic mass is 16.1. The summed E-state index contributed by atoms with van der Waals surface area (Å²) in [6.45, 7) is 8.14. The molecule has 1 aliphatic carbocycles. The number of nitrogens with zero attached hydrogens (tertiary/aromatic N) is 2. The van der Waals surface area contributed by atoms with Crippen LogP contribution in [0.4, 0.5) is 0 Å². The van der Waals surface area contributed by atoms with Crippen LogP contribution in [0.15, 0.2) is 0 Å². The molecule has 2 rings (SSSR count). The third kappa shape index (κ3) is 4.75. The second-order valence-corrected chi connectivity index (χ2v) is 5.77. The Morgan fingerprint density at radius 1 is 1.32 bits per heavy atom. The van der Waals surface area contributed by atoms with Gasteiger partial charge in [0.05, 0.1) is 0 Å². The standard InChI is InChI=1S/C14H28N4O/c1-2-13(11-15)18-9-7-17(8-10-18)6-5-14(19)16-12-3-4-12/h12-13H,2-11,15H2,1H3,(H,16,19). The maximum atomic E-state index is 11.6. The summed E-state index contributed by atoms with van der Waals surface area (Å²) in [7, 11) is 0. The zero-order chi connectivity index (χ0) is 13.7. The molecule has 5 nitrogen and oxygen atoms in total. The number of carbonyl (C=O) groups is 1. The first-order valence-electron chi connectivity index (χ1n) is 7.68. The van der Waals surface area contributed by atoms with Crippen LogP contribution in [0.5, 0.6) is 0 Å². The second kappa shape index (κ2) is 7.22. The van der Waals surface area contributed by atoms with Crippen LogP contribution in [0.3, 0.4) is 0 Å². The SMILES string of the molecule is CCC(CN)N1CCN(CCC(=O)NC2CC2)CC1. The Labute approximate surface area is 116 Å². The number of piperazine rings is 1. The van der Waals surface area contributed by atoms with Gasteiger partial charge in [0.1, 0.15) is 0 Å². The summed E-state index contributed by atoms with van der Waals surface area (Å²) < 4.78 is 0. The Bertz CT molecular complexity index is 281. The molecule has 1 unspecified atom stereocenters. The highest BCUT2D eigenvalue weighted by molar-refractivity contribution is 5.76. The van der Waals surface area contributed by atoms with E-state index in [1.165, 1.54) is 12.8 Å². The van der Waals surface area contributed by atoms with Crippen molar-refractivity contribution in [2.24, 2.45) is 5.73 Å². The van der Waals surface area contributed by atoms with Crippen LogP contribution in [0.2, 0.25) is 0 Å². The van der Waals surface area contributed by atoms with Crippen LogP contribution in [0, 0.1) is 0 Å². The van der Waals surface area contributed by atoms with E-state index in [1.807, 2.05) is 0 Å². The van der Waals surface area contributed by atoms with E-state index in [0.29, 0.717) is 18.5 Å². The molecule has 5 heteroatoms. The third-order valence-corrected chi connectivity index (χ3v) is 4.26. The molecule has 1 saturated heterocycles. The summed E-state index contributed by atoms with van der Waals surface area (Å²) in [6.07, 6.45) is 4.11. The average Bonchev–Trinajstić information content (AvgIpc) is 3.23. The number of amides is 1. The summed E-state index contributed by atoms with van der Waals surface area (Å²) in [5.41, 5.74) is 5.79. The van der Waals surface area contributed by atoms with E-state index in [2.05, 4.69) is 22.0 Å². The predicted octanol–water partition coefficient (Wildman–Crippen LogP) is 0.0100. The van der Waals surface area contributed by atoms with Gasteiger partial charge in [-0.05, 0) is 19.3 Å². The normalized spacial score (nSPS) is 23.3. The van der Waals surface area contributed by atoms with E-state index in [1.54, 1.807) is 0 Å². The molecular formula is C14H28N4O. The van der Waals surface area contributed by atoms with Gasteiger partial charge in [0, 0.05) is 57.8 Å². The molecule has 0 aromatic heterocycles. The van der Waals surface area contributed by atoms with Gasteiger partial charge in [0.2, 0.25) is 5.91 Å². The van der Waals surface area contributed by atoms with Crippen LogP contribution in [0.1, 0.15) is 32.6 Å². The van der Waals surface area contributed by atoms with Crippen LogP contribution < -0.4 is 11.1 Å². The summed E-state index contributed by atoms with van der Waals surface area (Å²) in [5.74, 6) is 0.221. The molecule has 1 amide bonds. The third-order valence-electron chi connectivity index (χ3n) is 4.26. The van der Waals surface area contributed by atoms with Gasteiger partial charge in [0.15, 0.2) is 0 Å². The van der Waals surface area contributed by atoms with E-state index in [9.17, 15) is 4.79 Å². The second-order valence-electron chi connectivity index (χ2n) is 5.77. The first kappa shape index (κ1) is 14.8. The van der Waals surface area contributed by atoms with Crippen molar-refractivity contribution in [3.05, 3.63) is 0 Å². The van der Waals surface area contributed by atoms with Gasteiger partial charge in [-0.25, -0.2) is 0 Å². The highest BCUT2D eigenvalue weighted by Gasteiger charge is 2.24. The lowest BCUT2D eigenvalue weighted by atomic mass is 10.1. The van der Waals surface area contributed by atoms with Gasteiger partial charge >= 0.3 is 0 Å². The molecular weight excluding hydrogens is 240 g/mol. The van der Waals surface area contributed by atoms with Crippen LogP contribution >= 0.6 is 0 Å². The fourth-order valence-corrected chi connectivity index (χ4v) is 2.71. The Morgan fingerprint density at radius 2 is 2.00 bits per heavy atom. The molecule has 0 bridgehead atoms. The van der Waals surface area contributed by atoms with Crippen molar-refractivity contribution in [3.8, 4) is 0 Å². The van der Waals surface area contributed by atoms with E-state index in [0.717, 1.165) is 45.7 Å². The van der Waals surface area contributed by atoms with Gasteiger partial charge in [-0.1, -0.05) is 6.92 Å². The fraction of sp³-hybridized carbons (Fsp3) is 0.929. The Morgan fingerprint density at radius 3 is 2.53 bits per heavy atom. The lowest BCUT2D eigenvalue weighted by Gasteiger charge is -2.38. The minimum atomic E-state index is 0.221. The van der Waals surface area contributed by atoms with Crippen molar-refractivity contribution in [2.45, 2.75) is 44.7 Å². The zero-order valence-electron chi connectivity index (χ0n) is 12.1. The summed E-state index contributed by atoms with van der Waals surface area (Å²) >= 11 is 0. The van der Waals surface area contributed by atoms with E-state index >= 15 is 0 Å². The minimum Gasteiger partial charge on any atom is -0.353 e. The molecule has 0 aromatic rings. The van der Waals surface area contributed by atoms with Gasteiger partial charge in [0.25, 0.3) is 0 Å². The summed E-state index contributed by atoms with van der Waals surface area (Å²) in [5, 5.41) is 3.05. The number of hydrogen-bond donors (Lipinski definition) is 2. The van der Waals surface area contributed by atoms with Crippen LogP contribution in [-0.4, -0.2) is 67.1 Å². The molecule has 0 radical (unpaired) electrons. The largest absolute Gasteiger partial charge is 0.353 e. The number of carbonyl (C=O) groups excluding carboxylic acids is 1. The Balaban J connectivity index is 1.61. The van der Waals surface area contributed by atoms with Gasteiger partial charge < -0.3 is 16.0 Å². The number of hydrogen-bond acceptors (Lipinski definition) is 4. The van der Waals surface area contributed by atoms with Gasteiger partial charge in [-0.2, -0.15) is 0 Å². The Hall–Kier alpha value is -0.650. The maximum absolute atomic E-state index is 11.6. The smallest absolute Gasteiger partial charge is 0.221 e. The van der Waals surface area contributed by atoms with E-state index in [-0.39, 0.29) is 5.91 Å². The average molecular weight is 268 g/mol. The lowest BCUT2D eigenvalue weighted by Crippen LogP contribution is -2.52. The molecule has 3 N–H and O–H groups in total. The van der Waals surface area contributed by atoms with Crippen molar-refractivity contribution < 1.29 is 4.79 Å². The lowest BCUT2D eigenvalue weighted by molar-refractivity contribution is -0.121. The van der Waals surface area contributed by atoms with E-state index < -0.39 is 0 Å². The molecule has 1 aliphatic heterocycles. The maximum Gasteiger partial charge on any atom is 0.221 e. The molecule has 19 heavy (non-hydrogen) atoms. The van der Waals surface area contributed by atoms with Crippen molar-refractivity contribution in [3.63, 3.8) is 0 Å². The van der Waals surface area contributed by atoms with E-state index in [4.69, 9.17) is 5.73 Å². The summed E-state index contributed by atoms with van der Waals surface area (Å²) in [6, 6.07) is 1.01.